The molecule has 0 saturated carbocycles. The van der Waals surface area contributed by atoms with E-state index in [4.69, 9.17) is 4.74 Å². The standard InChI is InChI=1S/C11H17N3O4/c15-9(1-2-14-3-5-18-6-4-14)12-8-7-10(16)13-11(8)17/h8H,1-7H2,(H,12,15)(H,13,16,17). The smallest absolute Gasteiger partial charge is 0.249 e. The Hall–Kier alpha value is -1.47. The molecule has 2 heterocycles. The number of hydrogen-bond donors (Lipinski definition) is 2. The normalized spacial score (nSPS) is 25.0. The lowest BCUT2D eigenvalue weighted by molar-refractivity contribution is -0.128. The zero-order valence-corrected chi connectivity index (χ0v) is 10.1. The van der Waals surface area contributed by atoms with Crippen LogP contribution in [0, 0.1) is 0 Å². The first kappa shape index (κ1) is 13.0. The molecule has 0 spiro atoms. The van der Waals surface area contributed by atoms with Gasteiger partial charge in [0.1, 0.15) is 6.04 Å². The van der Waals surface area contributed by atoms with Crippen molar-refractivity contribution in [3.05, 3.63) is 0 Å². The molecule has 0 aromatic carbocycles. The van der Waals surface area contributed by atoms with Crippen LogP contribution in [-0.4, -0.2) is 61.5 Å². The van der Waals surface area contributed by atoms with Gasteiger partial charge in [-0.2, -0.15) is 0 Å². The van der Waals surface area contributed by atoms with Crippen molar-refractivity contribution >= 4 is 17.7 Å². The highest BCUT2D eigenvalue weighted by Gasteiger charge is 2.31. The number of carbonyl (C=O) groups excluding carboxylic acids is 3. The molecule has 100 valence electrons. The Morgan fingerprint density at radius 2 is 2.11 bits per heavy atom. The monoisotopic (exact) mass is 255 g/mol. The molecule has 2 N–H and O–H groups in total. The van der Waals surface area contributed by atoms with Gasteiger partial charge in [-0.1, -0.05) is 0 Å². The van der Waals surface area contributed by atoms with Gasteiger partial charge in [-0.25, -0.2) is 0 Å². The Kier molecular flexibility index (Phi) is 4.27. The summed E-state index contributed by atoms with van der Waals surface area (Å²) in [6, 6.07) is -0.699. The molecular weight excluding hydrogens is 238 g/mol. The Balaban J connectivity index is 1.68. The highest BCUT2D eigenvalue weighted by Crippen LogP contribution is 2.02. The van der Waals surface area contributed by atoms with Crippen LogP contribution in [0.2, 0.25) is 0 Å². The maximum Gasteiger partial charge on any atom is 0.249 e. The SMILES string of the molecule is O=C1CC(NC(=O)CCN2CCOCC2)C(=O)N1. The third-order valence-electron chi connectivity index (χ3n) is 3.06. The van der Waals surface area contributed by atoms with Gasteiger partial charge in [0, 0.05) is 26.1 Å². The van der Waals surface area contributed by atoms with Gasteiger partial charge >= 0.3 is 0 Å². The molecule has 7 heteroatoms. The molecule has 1 atom stereocenters. The Morgan fingerprint density at radius 3 is 2.72 bits per heavy atom. The second kappa shape index (κ2) is 5.92. The molecule has 0 aliphatic carbocycles. The predicted octanol–water partition coefficient (Wildman–Crippen LogP) is -1.76. The number of imide groups is 1. The first-order valence-electron chi connectivity index (χ1n) is 6.08. The molecule has 2 aliphatic rings. The fraction of sp³-hybridized carbons (Fsp3) is 0.727. The zero-order valence-electron chi connectivity index (χ0n) is 10.1. The lowest BCUT2D eigenvalue weighted by Gasteiger charge is -2.26. The average molecular weight is 255 g/mol. The van der Waals surface area contributed by atoms with E-state index in [9.17, 15) is 14.4 Å². The minimum absolute atomic E-state index is 0.0438. The molecule has 18 heavy (non-hydrogen) atoms. The Morgan fingerprint density at radius 1 is 1.39 bits per heavy atom. The number of nitrogens with zero attached hydrogens (tertiary/aromatic N) is 1. The van der Waals surface area contributed by atoms with E-state index in [1.165, 1.54) is 0 Å². The van der Waals surface area contributed by atoms with Crippen molar-refractivity contribution in [2.75, 3.05) is 32.8 Å². The van der Waals surface area contributed by atoms with Gasteiger partial charge in [0.15, 0.2) is 0 Å². The van der Waals surface area contributed by atoms with Crippen LogP contribution < -0.4 is 10.6 Å². The summed E-state index contributed by atoms with van der Waals surface area (Å²) >= 11 is 0. The van der Waals surface area contributed by atoms with Crippen molar-refractivity contribution in [3.63, 3.8) is 0 Å². The summed E-state index contributed by atoms with van der Waals surface area (Å²) in [6.07, 6.45) is 0.375. The molecule has 2 aliphatic heterocycles. The van der Waals surface area contributed by atoms with Gasteiger partial charge < -0.3 is 10.1 Å². The third kappa shape index (κ3) is 3.51. The van der Waals surface area contributed by atoms with Gasteiger partial charge in [0.05, 0.1) is 19.6 Å². The van der Waals surface area contributed by atoms with Crippen LogP contribution in [0.4, 0.5) is 0 Å². The summed E-state index contributed by atoms with van der Waals surface area (Å²) in [5.41, 5.74) is 0. The molecule has 0 aromatic heterocycles. The molecule has 2 saturated heterocycles. The summed E-state index contributed by atoms with van der Waals surface area (Å²) in [5, 5.41) is 4.73. The fourth-order valence-corrected chi connectivity index (χ4v) is 2.02. The van der Waals surface area contributed by atoms with E-state index >= 15 is 0 Å². The molecule has 3 amide bonds. The van der Waals surface area contributed by atoms with Crippen molar-refractivity contribution in [2.24, 2.45) is 0 Å². The van der Waals surface area contributed by atoms with Gasteiger partial charge in [-0.05, 0) is 0 Å². The van der Waals surface area contributed by atoms with Gasteiger partial charge in [-0.3, -0.25) is 24.6 Å². The second-order valence-corrected chi connectivity index (χ2v) is 4.44. The molecule has 0 radical (unpaired) electrons. The minimum atomic E-state index is -0.699. The second-order valence-electron chi connectivity index (χ2n) is 4.44. The Labute approximate surface area is 105 Å². The van der Waals surface area contributed by atoms with Crippen molar-refractivity contribution in [1.29, 1.82) is 0 Å². The highest BCUT2D eigenvalue weighted by molar-refractivity contribution is 6.06. The number of hydrogen-bond acceptors (Lipinski definition) is 5. The van der Waals surface area contributed by atoms with E-state index < -0.39 is 11.9 Å². The lowest BCUT2D eigenvalue weighted by Crippen LogP contribution is -2.43. The molecule has 2 rings (SSSR count). The van der Waals surface area contributed by atoms with E-state index in [0.29, 0.717) is 26.2 Å². The summed E-state index contributed by atoms with van der Waals surface area (Å²) in [5.74, 6) is -0.949. The third-order valence-corrected chi connectivity index (χ3v) is 3.06. The summed E-state index contributed by atoms with van der Waals surface area (Å²) in [6.45, 7) is 3.70. The molecule has 0 aromatic rings. The predicted molar refractivity (Wildman–Crippen MR) is 61.6 cm³/mol. The number of morpholine rings is 1. The van der Waals surface area contributed by atoms with Crippen LogP contribution in [0.5, 0.6) is 0 Å². The Bertz CT molecular complexity index is 352. The van der Waals surface area contributed by atoms with Crippen LogP contribution in [0.3, 0.4) is 0 Å². The number of nitrogens with one attached hydrogen (secondary N) is 2. The first-order valence-corrected chi connectivity index (χ1v) is 6.08. The molecule has 7 nitrogen and oxygen atoms in total. The molecule has 0 bridgehead atoms. The molecule has 1 unspecified atom stereocenters. The summed E-state index contributed by atoms with van der Waals surface area (Å²) in [4.78, 5) is 36.0. The van der Waals surface area contributed by atoms with E-state index in [0.717, 1.165) is 13.1 Å². The molecule has 2 fully saturated rings. The largest absolute Gasteiger partial charge is 0.379 e. The van der Waals surface area contributed by atoms with Crippen LogP contribution in [0.15, 0.2) is 0 Å². The number of amides is 3. The number of ether oxygens (including phenoxy) is 1. The van der Waals surface area contributed by atoms with Gasteiger partial charge in [0.2, 0.25) is 17.7 Å². The topological polar surface area (TPSA) is 87.7 Å². The van der Waals surface area contributed by atoms with Crippen LogP contribution in [-0.2, 0) is 19.1 Å². The van der Waals surface area contributed by atoms with Crippen molar-refractivity contribution in [1.82, 2.24) is 15.5 Å². The van der Waals surface area contributed by atoms with Crippen LogP contribution >= 0.6 is 0 Å². The van der Waals surface area contributed by atoms with Gasteiger partial charge in [-0.15, -0.1) is 0 Å². The van der Waals surface area contributed by atoms with Crippen molar-refractivity contribution < 1.29 is 19.1 Å². The number of rotatable bonds is 4. The minimum Gasteiger partial charge on any atom is -0.379 e. The van der Waals surface area contributed by atoms with E-state index in [1.807, 2.05) is 0 Å². The summed E-state index contributed by atoms with van der Waals surface area (Å²) < 4.78 is 5.21. The van der Waals surface area contributed by atoms with E-state index in [2.05, 4.69) is 15.5 Å². The highest BCUT2D eigenvalue weighted by atomic mass is 16.5. The van der Waals surface area contributed by atoms with Gasteiger partial charge in [0.25, 0.3) is 0 Å². The maximum absolute atomic E-state index is 11.6. The lowest BCUT2D eigenvalue weighted by atomic mass is 10.2. The zero-order chi connectivity index (χ0) is 13.0. The number of carbonyl (C=O) groups is 3. The molecular formula is C11H17N3O4. The first-order chi connectivity index (χ1) is 8.65. The average Bonchev–Trinajstić information content (AvgIpc) is 2.67. The summed E-state index contributed by atoms with van der Waals surface area (Å²) in [7, 11) is 0. The quantitative estimate of drug-likeness (QED) is 0.581. The fourth-order valence-electron chi connectivity index (χ4n) is 2.02. The van der Waals surface area contributed by atoms with Crippen LogP contribution in [0.1, 0.15) is 12.8 Å². The van der Waals surface area contributed by atoms with Crippen LogP contribution in [0.25, 0.3) is 0 Å². The van der Waals surface area contributed by atoms with Crippen molar-refractivity contribution in [3.8, 4) is 0 Å². The van der Waals surface area contributed by atoms with E-state index in [1.54, 1.807) is 0 Å². The maximum atomic E-state index is 11.6. The van der Waals surface area contributed by atoms with Crippen molar-refractivity contribution in [2.45, 2.75) is 18.9 Å². The van der Waals surface area contributed by atoms with E-state index in [-0.39, 0.29) is 18.2 Å².